The van der Waals surface area contributed by atoms with Crippen LogP contribution in [0, 0.1) is 13.8 Å². The summed E-state index contributed by atoms with van der Waals surface area (Å²) in [5.41, 5.74) is 1.88. The van der Waals surface area contributed by atoms with Gasteiger partial charge in [-0.2, -0.15) is 4.31 Å². The molecule has 3 fully saturated rings. The Labute approximate surface area is 200 Å². The van der Waals surface area contributed by atoms with Crippen LogP contribution in [0.4, 0.5) is 11.5 Å². The number of anilines is 2. The molecule has 1 saturated carbocycles. The maximum Gasteiger partial charge on any atom is 0.221 e. The average Bonchev–Trinajstić information content (AvgIpc) is 3.57. The highest BCUT2D eigenvalue weighted by Crippen LogP contribution is 2.43. The second kappa shape index (κ2) is 8.42. The summed E-state index contributed by atoms with van der Waals surface area (Å²) >= 11 is 0. The van der Waals surface area contributed by atoms with E-state index >= 15 is 0 Å². The zero-order valence-electron chi connectivity index (χ0n) is 19.4. The van der Waals surface area contributed by atoms with E-state index in [2.05, 4.69) is 20.3 Å². The zero-order valence-corrected chi connectivity index (χ0v) is 21.1. The second-order valence-electron chi connectivity index (χ2n) is 9.50. The van der Waals surface area contributed by atoms with E-state index in [0.29, 0.717) is 35.9 Å². The molecule has 1 aliphatic carbocycles. The quantitative estimate of drug-likeness (QED) is 0.600. The van der Waals surface area contributed by atoms with Gasteiger partial charge in [-0.1, -0.05) is 0 Å². The van der Waals surface area contributed by atoms with E-state index in [0.717, 1.165) is 37.5 Å². The summed E-state index contributed by atoms with van der Waals surface area (Å²) in [7, 11) is -6.58. The number of sulfone groups is 1. The molecule has 1 N–H and O–H groups in total. The van der Waals surface area contributed by atoms with Crippen LogP contribution in [0.1, 0.15) is 49.8 Å². The van der Waals surface area contributed by atoms with Crippen LogP contribution in [0.15, 0.2) is 23.5 Å². The van der Waals surface area contributed by atoms with Crippen molar-refractivity contribution in [3.63, 3.8) is 0 Å². The average molecular weight is 508 g/mol. The molecular formula is C22H29N5O5S2. The Bertz CT molecular complexity index is 1310. The van der Waals surface area contributed by atoms with Crippen molar-refractivity contribution in [3.05, 3.63) is 29.7 Å². The third-order valence-corrected chi connectivity index (χ3v) is 10.4. The Morgan fingerprint density at radius 2 is 1.68 bits per heavy atom. The Balaban J connectivity index is 1.31. The molecule has 2 bridgehead atoms. The van der Waals surface area contributed by atoms with E-state index in [1.807, 2.05) is 6.92 Å². The van der Waals surface area contributed by atoms with Crippen LogP contribution < -0.4 is 10.1 Å². The number of piperidine rings is 1. The molecule has 3 aliphatic rings. The van der Waals surface area contributed by atoms with Crippen molar-refractivity contribution in [2.75, 3.05) is 11.6 Å². The molecule has 2 aliphatic heterocycles. The summed E-state index contributed by atoms with van der Waals surface area (Å²) in [5, 5.41) is 3.03. The topological polar surface area (TPSA) is 131 Å². The Kier molecular flexibility index (Phi) is 5.80. The maximum absolute atomic E-state index is 12.9. The molecule has 0 radical (unpaired) electrons. The molecule has 4 heterocycles. The first-order valence-corrected chi connectivity index (χ1v) is 14.9. The zero-order chi connectivity index (χ0) is 24.3. The first kappa shape index (κ1) is 23.4. The van der Waals surface area contributed by atoms with Crippen LogP contribution in [-0.4, -0.2) is 65.8 Å². The van der Waals surface area contributed by atoms with Gasteiger partial charge in [-0.25, -0.2) is 31.8 Å². The molecule has 2 unspecified atom stereocenters. The largest absolute Gasteiger partial charge is 0.474 e. The standard InChI is InChI=1S/C22H29N5O5S2/c1-13-21(26-19-8-9-20(25-14(19)2)33(3,28)29)23-12-24-22(13)32-17-10-15-4-5-16(11-17)27(15)34(30,31)18-6-7-18/h8-9,12,15-18H,4-7,10-11H2,1-3H3,(H,23,24,26). The lowest BCUT2D eigenvalue weighted by Gasteiger charge is -2.37. The van der Waals surface area contributed by atoms with E-state index < -0.39 is 19.9 Å². The minimum Gasteiger partial charge on any atom is -0.474 e. The number of aryl methyl sites for hydroxylation is 1. The second-order valence-corrected chi connectivity index (χ2v) is 13.6. The lowest BCUT2D eigenvalue weighted by Crippen LogP contribution is -2.50. The Morgan fingerprint density at radius 3 is 2.26 bits per heavy atom. The summed E-state index contributed by atoms with van der Waals surface area (Å²) in [6.07, 6.45) is 7.05. The van der Waals surface area contributed by atoms with Gasteiger partial charge in [0.15, 0.2) is 14.9 Å². The van der Waals surface area contributed by atoms with Gasteiger partial charge in [0.1, 0.15) is 18.2 Å². The fourth-order valence-electron chi connectivity index (χ4n) is 4.97. The van der Waals surface area contributed by atoms with E-state index in [1.165, 1.54) is 12.4 Å². The van der Waals surface area contributed by atoms with Crippen molar-refractivity contribution in [2.45, 2.75) is 80.8 Å². The highest BCUT2D eigenvalue weighted by atomic mass is 32.2. The van der Waals surface area contributed by atoms with Gasteiger partial charge in [-0.05, 0) is 51.7 Å². The summed E-state index contributed by atoms with van der Waals surface area (Å²) < 4.78 is 57.3. The number of nitrogens with zero attached hydrogens (tertiary/aromatic N) is 4. The molecule has 2 aromatic heterocycles. The van der Waals surface area contributed by atoms with E-state index in [-0.39, 0.29) is 28.5 Å². The van der Waals surface area contributed by atoms with Crippen molar-refractivity contribution in [2.24, 2.45) is 0 Å². The summed E-state index contributed by atoms with van der Waals surface area (Å²) in [6.45, 7) is 3.58. The number of rotatable bonds is 7. The lowest BCUT2D eigenvalue weighted by molar-refractivity contribution is 0.0910. The normalized spacial score (nSPS) is 25.3. The van der Waals surface area contributed by atoms with Crippen LogP contribution in [0.5, 0.6) is 5.88 Å². The molecular weight excluding hydrogens is 478 g/mol. The molecule has 2 aromatic rings. The van der Waals surface area contributed by atoms with Crippen molar-refractivity contribution >= 4 is 31.4 Å². The Hall–Kier alpha value is -2.31. The molecule has 0 aromatic carbocycles. The monoisotopic (exact) mass is 507 g/mol. The molecule has 0 amide bonds. The smallest absolute Gasteiger partial charge is 0.221 e. The maximum atomic E-state index is 12.9. The van der Waals surface area contributed by atoms with Crippen LogP contribution >= 0.6 is 0 Å². The Morgan fingerprint density at radius 1 is 1.00 bits per heavy atom. The third-order valence-electron chi connectivity index (χ3n) is 6.87. The molecule has 34 heavy (non-hydrogen) atoms. The first-order valence-electron chi connectivity index (χ1n) is 11.5. The van der Waals surface area contributed by atoms with Gasteiger partial charge >= 0.3 is 0 Å². The van der Waals surface area contributed by atoms with Gasteiger partial charge in [0.2, 0.25) is 15.9 Å². The summed E-state index contributed by atoms with van der Waals surface area (Å²) in [5.74, 6) is 0.998. The van der Waals surface area contributed by atoms with Gasteiger partial charge in [0.25, 0.3) is 0 Å². The summed E-state index contributed by atoms with van der Waals surface area (Å²) in [6, 6.07) is 3.11. The molecule has 2 saturated heterocycles. The molecule has 184 valence electrons. The first-order chi connectivity index (χ1) is 16.0. The molecule has 10 nitrogen and oxygen atoms in total. The van der Waals surface area contributed by atoms with Gasteiger partial charge in [-0.15, -0.1) is 0 Å². The number of hydrogen-bond acceptors (Lipinski definition) is 9. The fraction of sp³-hybridized carbons (Fsp3) is 0.591. The van der Waals surface area contributed by atoms with Crippen molar-refractivity contribution in [1.82, 2.24) is 19.3 Å². The fourth-order valence-corrected chi connectivity index (χ4v) is 7.88. The van der Waals surface area contributed by atoms with Crippen molar-refractivity contribution in [1.29, 1.82) is 0 Å². The van der Waals surface area contributed by atoms with Gasteiger partial charge in [-0.3, -0.25) is 0 Å². The minimum atomic E-state index is -3.39. The van der Waals surface area contributed by atoms with Gasteiger partial charge < -0.3 is 10.1 Å². The minimum absolute atomic E-state index is 0.00354. The van der Waals surface area contributed by atoms with Crippen LogP contribution in [0.25, 0.3) is 0 Å². The number of nitrogens with one attached hydrogen (secondary N) is 1. The predicted molar refractivity (Wildman–Crippen MR) is 126 cm³/mol. The van der Waals surface area contributed by atoms with Crippen molar-refractivity contribution < 1.29 is 21.6 Å². The van der Waals surface area contributed by atoms with E-state index in [4.69, 9.17) is 4.74 Å². The molecule has 5 rings (SSSR count). The SMILES string of the molecule is Cc1nc(S(C)(=O)=O)ccc1Nc1ncnc(OC2CC3CCC(C2)N3S(=O)(=O)C2CC2)c1C. The lowest BCUT2D eigenvalue weighted by atomic mass is 10.0. The number of sulfonamides is 1. The van der Waals surface area contributed by atoms with E-state index in [1.54, 1.807) is 17.3 Å². The molecule has 12 heteroatoms. The number of ether oxygens (including phenoxy) is 1. The highest BCUT2D eigenvalue weighted by molar-refractivity contribution is 7.90. The van der Waals surface area contributed by atoms with Gasteiger partial charge in [0, 0.05) is 31.2 Å². The number of fused-ring (bicyclic) bond motifs is 2. The molecule has 0 spiro atoms. The number of pyridine rings is 1. The van der Waals surface area contributed by atoms with Crippen LogP contribution in [0.3, 0.4) is 0 Å². The van der Waals surface area contributed by atoms with Crippen LogP contribution in [0.2, 0.25) is 0 Å². The number of hydrogen-bond donors (Lipinski definition) is 1. The van der Waals surface area contributed by atoms with Crippen LogP contribution in [-0.2, 0) is 19.9 Å². The van der Waals surface area contributed by atoms with Crippen molar-refractivity contribution in [3.8, 4) is 5.88 Å². The summed E-state index contributed by atoms with van der Waals surface area (Å²) in [4.78, 5) is 12.8. The third kappa shape index (κ3) is 4.38. The molecule has 2 atom stereocenters. The van der Waals surface area contributed by atoms with E-state index in [9.17, 15) is 16.8 Å². The van der Waals surface area contributed by atoms with Gasteiger partial charge in [0.05, 0.1) is 22.2 Å². The highest BCUT2D eigenvalue weighted by Gasteiger charge is 2.52. The predicted octanol–water partition coefficient (Wildman–Crippen LogP) is 2.50. The number of aromatic nitrogens is 3.